The molecule has 0 atom stereocenters. The van der Waals surface area contributed by atoms with E-state index in [4.69, 9.17) is 0 Å². The molecule has 1 aliphatic heterocycles. The molecule has 1 heterocycles. The van der Waals surface area contributed by atoms with Gasteiger partial charge in [-0.05, 0) is 19.3 Å². The maximum absolute atomic E-state index is 10.5. The summed E-state index contributed by atoms with van der Waals surface area (Å²) in [4.78, 5) is 12.1. The minimum Gasteiger partial charge on any atom is -0.376 e. The predicted octanol–water partition coefficient (Wildman–Crippen LogP) is 6.10. The van der Waals surface area contributed by atoms with Gasteiger partial charge in [0.15, 0.2) is 0 Å². The van der Waals surface area contributed by atoms with Crippen molar-refractivity contribution in [1.82, 2.24) is 0 Å². The fourth-order valence-electron chi connectivity index (χ4n) is 3.74. The number of hydrogen-bond acceptors (Lipinski definition) is 1. The summed E-state index contributed by atoms with van der Waals surface area (Å²) in [6, 6.07) is 29.8. The summed E-state index contributed by atoms with van der Waals surface area (Å²) in [6.07, 6.45) is 6.18. The summed E-state index contributed by atoms with van der Waals surface area (Å²) < 4.78 is 0. The summed E-state index contributed by atoms with van der Waals surface area (Å²) in [5.74, 6) is 2.79. The molecular formula is C26H23OSU+. The van der Waals surface area contributed by atoms with Gasteiger partial charge in [-0.1, -0.05) is 53.2 Å². The van der Waals surface area contributed by atoms with Crippen LogP contribution in [0, 0.1) is 37.2 Å². The minimum atomic E-state index is 0. The van der Waals surface area contributed by atoms with Gasteiger partial charge in [-0.25, -0.2) is 0 Å². The zero-order valence-electron chi connectivity index (χ0n) is 16.4. The van der Waals surface area contributed by atoms with E-state index < -0.39 is 0 Å². The molecule has 0 bridgehead atoms. The van der Waals surface area contributed by atoms with Crippen molar-refractivity contribution in [2.45, 2.75) is 24.2 Å². The Hall–Kier alpha value is -1.53. The van der Waals surface area contributed by atoms with Crippen LogP contribution in [0.4, 0.5) is 0 Å². The summed E-state index contributed by atoms with van der Waals surface area (Å²) in [7, 11) is 0.497. The first-order chi connectivity index (χ1) is 13.9. The molecule has 1 nitrogen and oxygen atoms in total. The van der Waals surface area contributed by atoms with E-state index in [9.17, 15) is 4.79 Å². The molecule has 3 heteroatoms. The quantitative estimate of drug-likeness (QED) is 0.196. The second-order valence-electron chi connectivity index (χ2n) is 6.98. The molecule has 4 aromatic carbocycles. The van der Waals surface area contributed by atoms with Gasteiger partial charge in [0.1, 0.15) is 11.5 Å². The molecular weight excluding hydrogens is 598 g/mol. The van der Waals surface area contributed by atoms with Gasteiger partial charge >= 0.3 is 31.1 Å². The molecule has 29 heavy (non-hydrogen) atoms. The Kier molecular flexibility index (Phi) is 8.43. The van der Waals surface area contributed by atoms with E-state index in [1.54, 1.807) is 11.0 Å². The summed E-state index contributed by atoms with van der Waals surface area (Å²) >= 11 is 0. The molecule has 0 N–H and O–H groups in total. The first-order valence-corrected chi connectivity index (χ1v) is 11.4. The first-order valence-electron chi connectivity index (χ1n) is 9.79. The van der Waals surface area contributed by atoms with E-state index in [0.29, 0.717) is 16.5 Å². The molecule has 0 amide bonds. The first kappa shape index (κ1) is 22.2. The van der Waals surface area contributed by atoms with Crippen LogP contribution in [0.5, 0.6) is 0 Å². The molecule has 1 aliphatic rings. The average Bonchev–Trinajstić information content (AvgIpc) is 2.79. The van der Waals surface area contributed by atoms with Crippen molar-refractivity contribution in [2.75, 3.05) is 11.5 Å². The van der Waals surface area contributed by atoms with E-state index in [-0.39, 0.29) is 31.1 Å². The molecule has 0 aromatic heterocycles. The normalized spacial score (nSPS) is 13.9. The van der Waals surface area contributed by atoms with Crippen LogP contribution in [0.25, 0.3) is 21.5 Å². The molecule has 0 spiro atoms. The fraction of sp³-hybridized carbons (Fsp3) is 0.192. The van der Waals surface area contributed by atoms with Crippen molar-refractivity contribution in [3.05, 3.63) is 90.5 Å². The van der Waals surface area contributed by atoms with Gasteiger partial charge in [0.05, 0.1) is 11.2 Å². The standard InChI is InChI=1S/C15H16S.C11H7O.U/c1-4-11-16(12-5-1)15-10-6-8-13-7-2-3-9-14(13)15;12-8-10-6-3-5-9-4-1-2-7-11(9)10;/h2-3,6-7,9-10H,1,4-5,11-12H2;1-7H;/q;-1;+2. The number of benzene rings is 4. The van der Waals surface area contributed by atoms with E-state index in [2.05, 4.69) is 42.5 Å². The van der Waals surface area contributed by atoms with Crippen LogP contribution in [0.15, 0.2) is 83.8 Å². The Morgan fingerprint density at radius 3 is 2.24 bits per heavy atom. The van der Waals surface area contributed by atoms with Gasteiger partial charge < -0.3 is 4.79 Å². The Morgan fingerprint density at radius 1 is 0.759 bits per heavy atom. The van der Waals surface area contributed by atoms with E-state index in [1.807, 2.05) is 42.7 Å². The van der Waals surface area contributed by atoms with Crippen LogP contribution < -0.4 is 0 Å². The van der Waals surface area contributed by atoms with Crippen LogP contribution in [-0.4, -0.2) is 17.8 Å². The Balaban J connectivity index is 0.000000167. The average molecular weight is 622 g/mol. The SMILES string of the molecule is O=[C-]c1cccc2ccccc12.[U+2].[c-]1ccc([S+]2CCCCC2)c2ccccc12. The molecule has 0 radical (unpaired) electrons. The van der Waals surface area contributed by atoms with Gasteiger partial charge in [-0.2, -0.15) is 6.07 Å². The molecule has 4 aromatic rings. The van der Waals surface area contributed by atoms with Crippen LogP contribution >= 0.6 is 0 Å². The smallest absolute Gasteiger partial charge is 0.376 e. The molecule has 1 fully saturated rings. The van der Waals surface area contributed by atoms with Crippen LogP contribution in [0.1, 0.15) is 24.8 Å². The van der Waals surface area contributed by atoms with Crippen LogP contribution in [0.2, 0.25) is 0 Å². The van der Waals surface area contributed by atoms with Gasteiger partial charge in [-0.15, -0.1) is 52.7 Å². The van der Waals surface area contributed by atoms with Crippen molar-refractivity contribution in [3.63, 3.8) is 0 Å². The second kappa shape index (κ2) is 11.0. The minimum absolute atomic E-state index is 0. The molecule has 142 valence electrons. The van der Waals surface area contributed by atoms with Crippen molar-refractivity contribution < 1.29 is 35.9 Å². The maximum Gasteiger partial charge on any atom is 2.00 e. The van der Waals surface area contributed by atoms with E-state index >= 15 is 0 Å². The van der Waals surface area contributed by atoms with Crippen LogP contribution in [0.3, 0.4) is 0 Å². The zero-order valence-corrected chi connectivity index (χ0v) is 21.3. The largest absolute Gasteiger partial charge is 2.00 e. The van der Waals surface area contributed by atoms with Gasteiger partial charge in [-0.3, -0.25) is 0 Å². The molecule has 0 aliphatic carbocycles. The third kappa shape index (κ3) is 5.34. The fourth-order valence-corrected chi connectivity index (χ4v) is 6.24. The van der Waals surface area contributed by atoms with Gasteiger partial charge in [0, 0.05) is 10.9 Å². The molecule has 0 unspecified atom stereocenters. The third-order valence-electron chi connectivity index (χ3n) is 5.16. The molecule has 5 rings (SSSR count). The monoisotopic (exact) mass is 621 g/mol. The summed E-state index contributed by atoms with van der Waals surface area (Å²) in [6.45, 7) is 0. The molecule has 1 saturated heterocycles. The van der Waals surface area contributed by atoms with Crippen LogP contribution in [-0.2, 0) is 15.7 Å². The summed E-state index contributed by atoms with van der Waals surface area (Å²) in [5.41, 5.74) is 0.633. The Bertz CT molecular complexity index is 1080. The third-order valence-corrected chi connectivity index (χ3v) is 7.70. The van der Waals surface area contributed by atoms with Crippen molar-refractivity contribution in [1.29, 1.82) is 0 Å². The van der Waals surface area contributed by atoms with Crippen molar-refractivity contribution in [3.8, 4) is 0 Å². The maximum atomic E-state index is 10.5. The number of fused-ring (bicyclic) bond motifs is 2. The Labute approximate surface area is 199 Å². The Morgan fingerprint density at radius 2 is 1.45 bits per heavy atom. The van der Waals surface area contributed by atoms with Crippen molar-refractivity contribution >= 4 is 38.7 Å². The van der Waals surface area contributed by atoms with Gasteiger partial charge in [0.2, 0.25) is 0 Å². The topological polar surface area (TPSA) is 17.1 Å². The number of hydrogen-bond donors (Lipinski definition) is 0. The van der Waals surface area contributed by atoms with E-state index in [0.717, 1.165) is 10.8 Å². The van der Waals surface area contributed by atoms with E-state index in [1.165, 1.54) is 41.5 Å². The molecule has 0 saturated carbocycles. The predicted molar refractivity (Wildman–Crippen MR) is 121 cm³/mol. The number of carbonyl (C=O) groups excluding carboxylic acids is 1. The number of rotatable bonds is 2. The van der Waals surface area contributed by atoms with Gasteiger partial charge in [0.25, 0.3) is 0 Å². The van der Waals surface area contributed by atoms with Crippen molar-refractivity contribution in [2.24, 2.45) is 0 Å². The second-order valence-corrected chi connectivity index (χ2v) is 9.22. The zero-order chi connectivity index (χ0) is 19.2. The summed E-state index contributed by atoms with van der Waals surface area (Å²) in [5, 5.41) is 4.75.